The maximum Gasteiger partial charge on any atom is 0.0180 e. The summed E-state index contributed by atoms with van der Waals surface area (Å²) in [6.07, 6.45) is 3.52. The minimum absolute atomic E-state index is 0.00678. The number of nitrogens with two attached hydrogens (primary N) is 2. The fourth-order valence-electron chi connectivity index (χ4n) is 2.33. The van der Waals surface area contributed by atoms with Crippen LogP contribution in [0.1, 0.15) is 40.0 Å². The Balaban J connectivity index is 2.71. The lowest BCUT2D eigenvalue weighted by molar-refractivity contribution is 0.159. The van der Waals surface area contributed by atoms with Crippen LogP contribution in [0, 0.1) is 11.3 Å². The summed E-state index contributed by atoms with van der Waals surface area (Å²) in [5.41, 5.74) is 12.1. The Morgan fingerprint density at radius 1 is 1.33 bits per heavy atom. The predicted molar refractivity (Wildman–Crippen MR) is 52.8 cm³/mol. The Morgan fingerprint density at radius 2 is 1.92 bits per heavy atom. The van der Waals surface area contributed by atoms with Gasteiger partial charge in [-0.1, -0.05) is 13.8 Å². The number of rotatable bonds is 2. The van der Waals surface area contributed by atoms with Gasteiger partial charge in [0.1, 0.15) is 0 Å². The van der Waals surface area contributed by atoms with E-state index >= 15 is 0 Å². The number of hydrogen-bond acceptors (Lipinski definition) is 2. The van der Waals surface area contributed by atoms with E-state index in [1.54, 1.807) is 0 Å². The highest BCUT2D eigenvalue weighted by Gasteiger charge is 2.48. The first-order valence-electron chi connectivity index (χ1n) is 4.91. The van der Waals surface area contributed by atoms with Gasteiger partial charge >= 0.3 is 0 Å². The Kier molecular flexibility index (Phi) is 2.50. The maximum atomic E-state index is 6.24. The number of hydrogen-bond donors (Lipinski definition) is 2. The third-order valence-electron chi connectivity index (χ3n) is 4.02. The summed E-state index contributed by atoms with van der Waals surface area (Å²) in [7, 11) is 0. The molecule has 1 aliphatic carbocycles. The van der Waals surface area contributed by atoms with Crippen molar-refractivity contribution in [3.63, 3.8) is 0 Å². The van der Waals surface area contributed by atoms with E-state index in [2.05, 4.69) is 20.8 Å². The Bertz CT molecular complexity index is 161. The predicted octanol–water partition coefficient (Wildman–Crippen LogP) is 1.49. The van der Waals surface area contributed by atoms with Gasteiger partial charge in [0, 0.05) is 5.54 Å². The van der Waals surface area contributed by atoms with Crippen LogP contribution in [0.4, 0.5) is 0 Å². The molecule has 1 rings (SSSR count). The van der Waals surface area contributed by atoms with E-state index < -0.39 is 0 Å². The van der Waals surface area contributed by atoms with Crippen LogP contribution in [0.2, 0.25) is 0 Å². The average molecular weight is 170 g/mol. The van der Waals surface area contributed by atoms with Crippen molar-refractivity contribution in [2.24, 2.45) is 22.8 Å². The van der Waals surface area contributed by atoms with Crippen molar-refractivity contribution in [1.82, 2.24) is 0 Å². The molecule has 2 unspecified atom stereocenters. The van der Waals surface area contributed by atoms with Gasteiger partial charge in [0.15, 0.2) is 0 Å². The van der Waals surface area contributed by atoms with Gasteiger partial charge in [0.2, 0.25) is 0 Å². The Hall–Kier alpha value is -0.0800. The van der Waals surface area contributed by atoms with Crippen LogP contribution in [0.15, 0.2) is 0 Å². The van der Waals surface area contributed by atoms with Gasteiger partial charge in [-0.2, -0.15) is 0 Å². The second-order valence-corrected chi connectivity index (χ2v) is 4.95. The highest BCUT2D eigenvalue weighted by Crippen LogP contribution is 2.49. The zero-order valence-electron chi connectivity index (χ0n) is 8.56. The van der Waals surface area contributed by atoms with Gasteiger partial charge in [-0.3, -0.25) is 0 Å². The summed E-state index contributed by atoms with van der Waals surface area (Å²) < 4.78 is 0. The van der Waals surface area contributed by atoms with Crippen LogP contribution in [0.25, 0.3) is 0 Å². The molecule has 1 fully saturated rings. The minimum Gasteiger partial charge on any atom is -0.330 e. The van der Waals surface area contributed by atoms with Crippen LogP contribution in [0.3, 0.4) is 0 Å². The molecule has 12 heavy (non-hydrogen) atoms. The monoisotopic (exact) mass is 170 g/mol. The lowest BCUT2D eigenvalue weighted by Gasteiger charge is -2.38. The third-order valence-corrected chi connectivity index (χ3v) is 4.02. The van der Waals surface area contributed by atoms with Crippen molar-refractivity contribution in [2.45, 2.75) is 45.6 Å². The average Bonchev–Trinajstić information content (AvgIpc) is 2.13. The van der Waals surface area contributed by atoms with E-state index in [1.165, 1.54) is 6.42 Å². The highest BCUT2D eigenvalue weighted by molar-refractivity contribution is 5.03. The summed E-state index contributed by atoms with van der Waals surface area (Å²) >= 11 is 0. The molecule has 2 nitrogen and oxygen atoms in total. The molecule has 0 aromatic carbocycles. The molecule has 0 aliphatic heterocycles. The van der Waals surface area contributed by atoms with Gasteiger partial charge < -0.3 is 11.5 Å². The van der Waals surface area contributed by atoms with Crippen molar-refractivity contribution in [1.29, 1.82) is 0 Å². The molecule has 2 atom stereocenters. The quantitative estimate of drug-likeness (QED) is 0.659. The smallest absolute Gasteiger partial charge is 0.0180 e. The molecule has 0 bridgehead atoms. The Labute approximate surface area is 75.7 Å². The van der Waals surface area contributed by atoms with E-state index in [1.807, 2.05) is 0 Å². The molecule has 0 spiro atoms. The lowest BCUT2D eigenvalue weighted by Crippen LogP contribution is -2.48. The fraction of sp³-hybridized carbons (Fsp3) is 1.00. The first-order valence-corrected chi connectivity index (χ1v) is 4.91. The Morgan fingerprint density at radius 3 is 2.25 bits per heavy atom. The van der Waals surface area contributed by atoms with Crippen molar-refractivity contribution >= 4 is 0 Å². The zero-order valence-corrected chi connectivity index (χ0v) is 8.56. The summed E-state index contributed by atoms with van der Waals surface area (Å²) in [5, 5.41) is 0. The normalized spacial score (nSPS) is 40.2. The van der Waals surface area contributed by atoms with Crippen LogP contribution >= 0.6 is 0 Å². The first-order chi connectivity index (χ1) is 5.42. The van der Waals surface area contributed by atoms with E-state index in [0.717, 1.165) is 25.3 Å². The zero-order chi connectivity index (χ0) is 9.41. The first kappa shape index (κ1) is 10.0. The molecule has 1 saturated carbocycles. The fourth-order valence-corrected chi connectivity index (χ4v) is 2.33. The van der Waals surface area contributed by atoms with Gasteiger partial charge in [0.25, 0.3) is 0 Å². The topological polar surface area (TPSA) is 52.0 Å². The van der Waals surface area contributed by atoms with Crippen LogP contribution in [-0.4, -0.2) is 12.1 Å². The van der Waals surface area contributed by atoms with Crippen molar-refractivity contribution in [2.75, 3.05) is 6.54 Å². The van der Waals surface area contributed by atoms with Crippen molar-refractivity contribution in [3.8, 4) is 0 Å². The molecule has 0 saturated heterocycles. The second kappa shape index (κ2) is 3.00. The minimum atomic E-state index is 0.00678. The van der Waals surface area contributed by atoms with Crippen LogP contribution in [0.5, 0.6) is 0 Å². The molecule has 0 aromatic heterocycles. The molecule has 4 N–H and O–H groups in total. The molecule has 0 heterocycles. The third kappa shape index (κ3) is 1.38. The summed E-state index contributed by atoms with van der Waals surface area (Å²) in [6, 6.07) is 0. The van der Waals surface area contributed by atoms with E-state index in [0.29, 0.717) is 0 Å². The second-order valence-electron chi connectivity index (χ2n) is 4.95. The largest absolute Gasteiger partial charge is 0.330 e. The van der Waals surface area contributed by atoms with Crippen molar-refractivity contribution < 1.29 is 0 Å². The summed E-state index contributed by atoms with van der Waals surface area (Å²) in [6.45, 7) is 7.52. The molecule has 1 aliphatic rings. The molecule has 0 radical (unpaired) electrons. The summed E-state index contributed by atoms with van der Waals surface area (Å²) in [5.74, 6) is 0.720. The maximum absolute atomic E-state index is 6.24. The molecular formula is C10H22N2. The molecule has 0 aromatic rings. The molecule has 2 heteroatoms. The molecular weight excluding hydrogens is 148 g/mol. The van der Waals surface area contributed by atoms with Crippen LogP contribution in [-0.2, 0) is 0 Å². The van der Waals surface area contributed by atoms with Gasteiger partial charge in [-0.25, -0.2) is 0 Å². The van der Waals surface area contributed by atoms with Gasteiger partial charge in [-0.15, -0.1) is 0 Å². The SMILES string of the molecule is CC1(N)CCC(CCN)C1(C)C. The van der Waals surface area contributed by atoms with Crippen molar-refractivity contribution in [3.05, 3.63) is 0 Å². The molecule has 72 valence electrons. The van der Waals surface area contributed by atoms with Crippen LogP contribution < -0.4 is 11.5 Å². The van der Waals surface area contributed by atoms with Gasteiger partial charge in [-0.05, 0) is 44.1 Å². The van der Waals surface area contributed by atoms with Gasteiger partial charge in [0.05, 0.1) is 0 Å². The van der Waals surface area contributed by atoms with E-state index in [4.69, 9.17) is 11.5 Å². The highest BCUT2D eigenvalue weighted by atomic mass is 14.8. The standard InChI is InChI=1S/C10H22N2/c1-9(2)8(5-7-11)4-6-10(9,3)12/h8H,4-7,11-12H2,1-3H3. The van der Waals surface area contributed by atoms with E-state index in [9.17, 15) is 0 Å². The summed E-state index contributed by atoms with van der Waals surface area (Å²) in [4.78, 5) is 0. The van der Waals surface area contributed by atoms with E-state index in [-0.39, 0.29) is 11.0 Å². The molecule has 0 amide bonds. The lowest BCUT2D eigenvalue weighted by atomic mass is 9.71.